The van der Waals surface area contributed by atoms with Crippen molar-refractivity contribution in [1.29, 1.82) is 0 Å². The van der Waals surface area contributed by atoms with Crippen LogP contribution in [0.4, 0.5) is 5.82 Å². The number of rotatable bonds is 3. The van der Waals surface area contributed by atoms with Crippen molar-refractivity contribution >= 4 is 22.6 Å². The molecule has 0 spiro atoms. The summed E-state index contributed by atoms with van der Waals surface area (Å²) < 4.78 is 0. The summed E-state index contributed by atoms with van der Waals surface area (Å²) >= 11 is 0. The molecule has 116 valence electrons. The zero-order chi connectivity index (χ0) is 15.7. The number of carbonyl (C=O) groups excluding carboxylic acids is 1. The number of carbonyl (C=O) groups is 1. The maximum atomic E-state index is 11.5. The summed E-state index contributed by atoms with van der Waals surface area (Å²) in [5.41, 5.74) is 5.26. The quantitative estimate of drug-likeness (QED) is 0.768. The molecule has 22 heavy (non-hydrogen) atoms. The van der Waals surface area contributed by atoms with Crippen molar-refractivity contribution in [3.63, 3.8) is 0 Å². The van der Waals surface area contributed by atoms with E-state index in [4.69, 9.17) is 5.73 Å². The number of amides is 1. The number of aliphatic hydroxyl groups excluding tert-OH is 1. The Morgan fingerprint density at radius 3 is 2.91 bits per heavy atom. The van der Waals surface area contributed by atoms with E-state index in [9.17, 15) is 15.0 Å². The molecule has 2 heterocycles. The van der Waals surface area contributed by atoms with Crippen LogP contribution in [0.3, 0.4) is 0 Å². The highest BCUT2D eigenvalue weighted by Gasteiger charge is 2.39. The van der Waals surface area contributed by atoms with Crippen molar-refractivity contribution in [3.8, 4) is 0 Å². The van der Waals surface area contributed by atoms with Gasteiger partial charge < -0.3 is 20.8 Å². The van der Waals surface area contributed by atoms with Gasteiger partial charge in [0.15, 0.2) is 5.60 Å². The van der Waals surface area contributed by atoms with Crippen molar-refractivity contribution in [2.45, 2.75) is 25.0 Å². The van der Waals surface area contributed by atoms with Gasteiger partial charge in [-0.2, -0.15) is 0 Å². The number of benzene rings is 1. The Balaban J connectivity index is 2.03. The van der Waals surface area contributed by atoms with Crippen LogP contribution in [-0.4, -0.2) is 39.8 Å². The monoisotopic (exact) mass is 301 g/mol. The molecule has 1 aromatic heterocycles. The van der Waals surface area contributed by atoms with Crippen LogP contribution in [0.5, 0.6) is 0 Å². The Morgan fingerprint density at radius 2 is 2.18 bits per heavy atom. The van der Waals surface area contributed by atoms with E-state index in [0.717, 1.165) is 10.9 Å². The van der Waals surface area contributed by atoms with Gasteiger partial charge in [-0.25, -0.2) is 4.98 Å². The summed E-state index contributed by atoms with van der Waals surface area (Å²) in [6.45, 7) is 0.604. The van der Waals surface area contributed by atoms with Gasteiger partial charge in [0.1, 0.15) is 5.82 Å². The number of hydrogen-bond acceptors (Lipinski definition) is 5. The molecule has 1 aliphatic heterocycles. The lowest BCUT2D eigenvalue weighted by Gasteiger charge is -2.38. The van der Waals surface area contributed by atoms with Crippen LogP contribution in [-0.2, 0) is 11.4 Å². The van der Waals surface area contributed by atoms with Crippen LogP contribution in [0, 0.1) is 0 Å². The first-order valence-corrected chi connectivity index (χ1v) is 7.30. The molecule has 0 aliphatic carbocycles. The highest BCUT2D eigenvalue weighted by Crippen LogP contribution is 2.29. The Morgan fingerprint density at radius 1 is 1.41 bits per heavy atom. The molecule has 1 aliphatic rings. The third-order valence-electron chi connectivity index (χ3n) is 4.18. The predicted octanol–water partition coefficient (Wildman–Crippen LogP) is 0.544. The topological polar surface area (TPSA) is 99.7 Å². The lowest BCUT2D eigenvalue weighted by Crippen LogP contribution is -2.56. The van der Waals surface area contributed by atoms with Gasteiger partial charge in [0.05, 0.1) is 18.7 Å². The molecule has 6 nitrogen and oxygen atoms in total. The minimum Gasteiger partial charge on any atom is -0.392 e. The first-order chi connectivity index (χ1) is 10.5. The third kappa shape index (κ3) is 2.51. The van der Waals surface area contributed by atoms with Gasteiger partial charge >= 0.3 is 0 Å². The van der Waals surface area contributed by atoms with Crippen molar-refractivity contribution in [3.05, 3.63) is 35.9 Å². The van der Waals surface area contributed by atoms with Gasteiger partial charge in [-0.05, 0) is 25.0 Å². The van der Waals surface area contributed by atoms with E-state index in [0.29, 0.717) is 30.8 Å². The third-order valence-corrected chi connectivity index (χ3v) is 4.18. The molecular weight excluding hydrogens is 282 g/mol. The Hall–Kier alpha value is -2.18. The van der Waals surface area contributed by atoms with Crippen molar-refractivity contribution < 1.29 is 15.0 Å². The maximum absolute atomic E-state index is 11.5. The smallest absolute Gasteiger partial charge is 0.251 e. The highest BCUT2D eigenvalue weighted by molar-refractivity contribution is 5.85. The van der Waals surface area contributed by atoms with Crippen LogP contribution in [0.15, 0.2) is 30.3 Å². The summed E-state index contributed by atoms with van der Waals surface area (Å²) in [5, 5.41) is 20.9. The van der Waals surface area contributed by atoms with E-state index >= 15 is 0 Å². The zero-order valence-corrected chi connectivity index (χ0v) is 12.2. The molecule has 4 N–H and O–H groups in total. The second-order valence-corrected chi connectivity index (χ2v) is 5.74. The number of piperidine rings is 1. The number of nitrogens with two attached hydrogens (primary N) is 1. The molecule has 0 radical (unpaired) electrons. The van der Waals surface area contributed by atoms with Gasteiger partial charge in [-0.1, -0.05) is 18.2 Å². The van der Waals surface area contributed by atoms with Gasteiger partial charge in [0, 0.05) is 17.5 Å². The fourth-order valence-electron chi connectivity index (χ4n) is 2.96. The number of β-amino-alcohol motifs (C(OH)–C–C–N with tert-alkyl or cyclic N) is 1. The number of pyridine rings is 1. The van der Waals surface area contributed by atoms with Crippen molar-refractivity contribution in [2.24, 2.45) is 5.73 Å². The molecule has 1 unspecified atom stereocenters. The summed E-state index contributed by atoms with van der Waals surface area (Å²) in [5.74, 6) is -0.121. The molecule has 1 atom stereocenters. The van der Waals surface area contributed by atoms with E-state index < -0.39 is 11.5 Å². The van der Waals surface area contributed by atoms with Gasteiger partial charge in [0.2, 0.25) is 0 Å². The van der Waals surface area contributed by atoms with Crippen LogP contribution >= 0.6 is 0 Å². The lowest BCUT2D eigenvalue weighted by atomic mass is 9.92. The summed E-state index contributed by atoms with van der Waals surface area (Å²) in [6, 6.07) is 9.52. The lowest BCUT2D eigenvalue weighted by molar-refractivity contribution is -0.137. The van der Waals surface area contributed by atoms with Gasteiger partial charge in [-0.3, -0.25) is 4.79 Å². The highest BCUT2D eigenvalue weighted by atomic mass is 16.3. The second kappa shape index (κ2) is 5.55. The van der Waals surface area contributed by atoms with Crippen LogP contribution in [0.1, 0.15) is 18.4 Å². The van der Waals surface area contributed by atoms with Crippen LogP contribution in [0.25, 0.3) is 10.9 Å². The van der Waals surface area contributed by atoms with Gasteiger partial charge in [-0.15, -0.1) is 0 Å². The molecule has 1 amide bonds. The molecule has 6 heteroatoms. The second-order valence-electron chi connectivity index (χ2n) is 5.74. The number of fused-ring (bicyclic) bond motifs is 1. The van der Waals surface area contributed by atoms with Crippen molar-refractivity contribution in [2.75, 3.05) is 18.0 Å². The van der Waals surface area contributed by atoms with Crippen LogP contribution < -0.4 is 10.6 Å². The van der Waals surface area contributed by atoms with Crippen molar-refractivity contribution in [1.82, 2.24) is 4.98 Å². The van der Waals surface area contributed by atoms with E-state index in [-0.39, 0.29) is 13.2 Å². The number of hydrogen-bond donors (Lipinski definition) is 3. The number of para-hydroxylation sites is 1. The average Bonchev–Trinajstić information content (AvgIpc) is 2.53. The molecule has 0 bridgehead atoms. The number of nitrogens with zero attached hydrogens (tertiary/aromatic N) is 2. The summed E-state index contributed by atoms with van der Waals surface area (Å²) in [7, 11) is 0. The molecule has 1 fully saturated rings. The molecule has 0 saturated carbocycles. The Bertz CT molecular complexity index is 719. The van der Waals surface area contributed by atoms with E-state index in [2.05, 4.69) is 4.98 Å². The van der Waals surface area contributed by atoms with E-state index in [1.807, 2.05) is 35.2 Å². The zero-order valence-electron chi connectivity index (χ0n) is 12.2. The first-order valence-electron chi connectivity index (χ1n) is 7.30. The molecular formula is C16H19N3O3. The molecule has 1 saturated heterocycles. The Labute approximate surface area is 128 Å². The first kappa shape index (κ1) is 14.7. The summed E-state index contributed by atoms with van der Waals surface area (Å²) in [4.78, 5) is 17.9. The maximum Gasteiger partial charge on any atom is 0.251 e. The van der Waals surface area contributed by atoms with Crippen LogP contribution in [0.2, 0.25) is 0 Å². The largest absolute Gasteiger partial charge is 0.392 e. The minimum absolute atomic E-state index is 0.0979. The normalized spacial score (nSPS) is 22.0. The van der Waals surface area contributed by atoms with E-state index in [1.165, 1.54) is 0 Å². The van der Waals surface area contributed by atoms with E-state index in [1.54, 1.807) is 0 Å². The predicted molar refractivity (Wildman–Crippen MR) is 83.3 cm³/mol. The minimum atomic E-state index is -1.54. The average molecular weight is 301 g/mol. The number of aliphatic hydroxyl groups is 2. The number of anilines is 1. The molecule has 3 rings (SSSR count). The molecule has 1 aromatic carbocycles. The fraction of sp³-hybridized carbons (Fsp3) is 0.375. The Kier molecular flexibility index (Phi) is 3.72. The summed E-state index contributed by atoms with van der Waals surface area (Å²) in [6.07, 6.45) is 0.986. The SMILES string of the molecule is NC(=O)C1(O)CCCN(c2nc3ccccc3cc2CO)C1. The number of primary amides is 1. The standard InChI is InChI=1S/C16H19N3O3/c17-15(21)16(22)6-3-7-19(10-16)14-12(9-20)8-11-4-1-2-5-13(11)18-14/h1-2,4-5,8,20,22H,3,6-7,9-10H2,(H2,17,21). The fourth-order valence-corrected chi connectivity index (χ4v) is 2.96. The molecule has 2 aromatic rings. The number of aromatic nitrogens is 1. The van der Waals surface area contributed by atoms with Gasteiger partial charge in [0.25, 0.3) is 5.91 Å².